The Morgan fingerprint density at radius 1 is 0.676 bits per heavy atom. The van der Waals surface area contributed by atoms with Gasteiger partial charge in [0.2, 0.25) is 6.29 Å². The number of aliphatic hydroxyl groups excluding tert-OH is 6. The van der Waals surface area contributed by atoms with E-state index in [1.54, 1.807) is 6.08 Å². The Bertz CT molecular complexity index is 499. The van der Waals surface area contributed by atoms with Crippen LogP contribution in [0.1, 0.15) is 110 Å². The van der Waals surface area contributed by atoms with Gasteiger partial charge in [-0.2, -0.15) is 0 Å². The normalized spacial score (nSPS) is 16.3. The van der Waals surface area contributed by atoms with Crippen LogP contribution in [0.15, 0.2) is 12.2 Å². The molecule has 0 aromatic heterocycles. The monoisotopic (exact) mass is 490 g/mol. The van der Waals surface area contributed by atoms with Gasteiger partial charge in [-0.1, -0.05) is 103 Å². The highest BCUT2D eigenvalue weighted by Crippen LogP contribution is 2.14. The summed E-state index contributed by atoms with van der Waals surface area (Å²) in [6.07, 6.45) is 13.0. The largest absolute Gasteiger partial charge is 0.430 e. The number of rotatable bonds is 23. The van der Waals surface area contributed by atoms with E-state index in [1.807, 2.05) is 0 Å². The molecule has 202 valence electrons. The second-order valence-electron chi connectivity index (χ2n) is 9.19. The van der Waals surface area contributed by atoms with Crippen LogP contribution in [0.5, 0.6) is 0 Å². The topological polar surface area (TPSA) is 148 Å². The second-order valence-corrected chi connectivity index (χ2v) is 9.19. The maximum absolute atomic E-state index is 11.7. The molecule has 0 radical (unpaired) electrons. The smallest absolute Gasteiger partial charge is 0.332 e. The van der Waals surface area contributed by atoms with Gasteiger partial charge in [0.1, 0.15) is 24.4 Å². The van der Waals surface area contributed by atoms with Crippen molar-refractivity contribution in [2.24, 2.45) is 0 Å². The van der Waals surface area contributed by atoms with E-state index in [1.165, 1.54) is 83.5 Å². The molecule has 0 bridgehead atoms. The third-order valence-corrected chi connectivity index (χ3v) is 6.04. The lowest BCUT2D eigenvalue weighted by Gasteiger charge is -2.27. The van der Waals surface area contributed by atoms with Gasteiger partial charge in [0, 0.05) is 6.08 Å². The van der Waals surface area contributed by atoms with Gasteiger partial charge in [-0.15, -0.1) is 0 Å². The highest BCUT2D eigenvalue weighted by atomic mass is 16.6. The quantitative estimate of drug-likeness (QED) is 0.0554. The minimum absolute atomic E-state index is 0.691. The molecule has 5 atom stereocenters. The molecule has 0 amide bonds. The summed E-state index contributed by atoms with van der Waals surface area (Å²) in [5, 5.41) is 56.6. The van der Waals surface area contributed by atoms with E-state index in [4.69, 9.17) is 5.11 Å². The molecule has 0 spiro atoms. The van der Waals surface area contributed by atoms with E-state index in [0.29, 0.717) is 6.42 Å². The molecule has 0 aromatic rings. The van der Waals surface area contributed by atoms with Crippen LogP contribution in [0.2, 0.25) is 0 Å². The highest BCUT2D eigenvalue weighted by Gasteiger charge is 2.35. The van der Waals surface area contributed by atoms with Crippen molar-refractivity contribution >= 4 is 5.97 Å². The van der Waals surface area contributed by atoms with Crippen LogP contribution in [0.4, 0.5) is 0 Å². The zero-order valence-electron chi connectivity index (χ0n) is 21.1. The molecule has 0 saturated carbocycles. The molecule has 0 aliphatic rings. The number of aliphatic hydroxyl groups is 6. The van der Waals surface area contributed by atoms with Crippen molar-refractivity contribution in [1.82, 2.24) is 0 Å². The Hall–Kier alpha value is -1.03. The molecule has 0 fully saturated rings. The first-order valence-electron chi connectivity index (χ1n) is 13.2. The Morgan fingerprint density at radius 3 is 1.56 bits per heavy atom. The summed E-state index contributed by atoms with van der Waals surface area (Å²) in [5.41, 5.74) is 0. The van der Waals surface area contributed by atoms with Crippen molar-refractivity contribution in [2.75, 3.05) is 6.61 Å². The maximum atomic E-state index is 11.7. The average Bonchev–Trinajstić information content (AvgIpc) is 2.83. The number of hydrogen-bond donors (Lipinski definition) is 6. The van der Waals surface area contributed by atoms with Crippen LogP contribution < -0.4 is 0 Å². The fourth-order valence-electron chi connectivity index (χ4n) is 3.75. The summed E-state index contributed by atoms with van der Waals surface area (Å²) < 4.78 is 4.59. The number of allylic oxidation sites excluding steroid dienone is 1. The SMILES string of the molecule is CCCCCCCCCCCCCCCCC/C=C/C(=O)OC(O)[C@H](O)[C@H](O)[C@H](O)[C@@H](O)CO. The first-order valence-corrected chi connectivity index (χ1v) is 13.2. The van der Waals surface area contributed by atoms with Crippen molar-refractivity contribution in [1.29, 1.82) is 0 Å². The predicted octanol–water partition coefficient (Wildman–Crippen LogP) is 3.10. The van der Waals surface area contributed by atoms with Crippen molar-refractivity contribution in [3.63, 3.8) is 0 Å². The molecule has 8 heteroatoms. The van der Waals surface area contributed by atoms with Crippen LogP contribution in [0, 0.1) is 0 Å². The van der Waals surface area contributed by atoms with Gasteiger partial charge < -0.3 is 35.4 Å². The molecule has 1 unspecified atom stereocenters. The molecule has 0 rings (SSSR count). The third-order valence-electron chi connectivity index (χ3n) is 6.04. The molecule has 6 N–H and O–H groups in total. The second kappa shape index (κ2) is 22.4. The third kappa shape index (κ3) is 17.4. The van der Waals surface area contributed by atoms with Crippen LogP contribution in [0.25, 0.3) is 0 Å². The molecule has 0 aliphatic carbocycles. The fourth-order valence-corrected chi connectivity index (χ4v) is 3.75. The summed E-state index contributed by atoms with van der Waals surface area (Å²) >= 11 is 0. The van der Waals surface area contributed by atoms with Gasteiger partial charge in [-0.3, -0.25) is 0 Å². The number of unbranched alkanes of at least 4 members (excludes halogenated alkanes) is 15. The number of esters is 1. The van der Waals surface area contributed by atoms with Crippen molar-refractivity contribution in [3.05, 3.63) is 12.2 Å². The van der Waals surface area contributed by atoms with E-state index in [9.17, 15) is 30.3 Å². The highest BCUT2D eigenvalue weighted by molar-refractivity contribution is 5.81. The Balaban J connectivity index is 3.66. The Labute approximate surface area is 205 Å². The standard InChI is InChI=1S/C26H50O8/c1-2-3-4-5-6-7-8-9-10-11-12-13-14-15-16-17-18-19-22(29)34-26(33)25(32)24(31)23(30)21(28)20-27/h18-19,21,23-28,30-33H,2-17,20H2,1H3/b19-18+/t21-,23+,24+,25+,26?/m0/s1. The summed E-state index contributed by atoms with van der Waals surface area (Å²) in [4.78, 5) is 11.7. The number of hydrogen-bond acceptors (Lipinski definition) is 8. The van der Waals surface area contributed by atoms with Crippen LogP contribution in [-0.4, -0.2) is 73.9 Å². The summed E-state index contributed by atoms with van der Waals surface area (Å²) in [6.45, 7) is 1.40. The van der Waals surface area contributed by atoms with Gasteiger partial charge in [0.25, 0.3) is 0 Å². The van der Waals surface area contributed by atoms with Crippen molar-refractivity contribution in [3.8, 4) is 0 Å². The van der Waals surface area contributed by atoms with Gasteiger partial charge in [0.15, 0.2) is 0 Å². The first kappa shape index (κ1) is 33.0. The predicted molar refractivity (Wildman–Crippen MR) is 132 cm³/mol. The van der Waals surface area contributed by atoms with Crippen LogP contribution in [0.3, 0.4) is 0 Å². The molecule has 0 saturated heterocycles. The Morgan fingerprint density at radius 2 is 1.12 bits per heavy atom. The van der Waals surface area contributed by atoms with E-state index in [-0.39, 0.29) is 0 Å². The first-order chi connectivity index (χ1) is 16.3. The van der Waals surface area contributed by atoms with E-state index < -0.39 is 43.3 Å². The number of carbonyl (C=O) groups excluding carboxylic acids is 1. The van der Waals surface area contributed by atoms with Gasteiger partial charge in [-0.25, -0.2) is 4.79 Å². The summed E-state index contributed by atoms with van der Waals surface area (Å²) in [7, 11) is 0. The van der Waals surface area contributed by atoms with E-state index in [0.717, 1.165) is 18.9 Å². The lowest BCUT2D eigenvalue weighted by atomic mass is 10.0. The minimum atomic E-state index is -2.08. The summed E-state index contributed by atoms with van der Waals surface area (Å²) in [6, 6.07) is 0. The van der Waals surface area contributed by atoms with Gasteiger partial charge >= 0.3 is 5.97 Å². The number of carbonyl (C=O) groups is 1. The molecule has 34 heavy (non-hydrogen) atoms. The molecular formula is C26H50O8. The molecule has 0 aromatic carbocycles. The molecular weight excluding hydrogens is 440 g/mol. The lowest BCUT2D eigenvalue weighted by Crippen LogP contribution is -2.50. The molecule has 0 heterocycles. The zero-order valence-corrected chi connectivity index (χ0v) is 21.1. The number of ether oxygens (including phenoxy) is 1. The van der Waals surface area contributed by atoms with E-state index >= 15 is 0 Å². The lowest BCUT2D eigenvalue weighted by molar-refractivity contribution is -0.210. The molecule has 8 nitrogen and oxygen atoms in total. The van der Waals surface area contributed by atoms with Crippen LogP contribution in [-0.2, 0) is 9.53 Å². The van der Waals surface area contributed by atoms with Gasteiger partial charge in [0.05, 0.1) is 6.61 Å². The molecule has 0 aliphatic heterocycles. The zero-order chi connectivity index (χ0) is 25.6. The average molecular weight is 491 g/mol. The summed E-state index contributed by atoms with van der Waals surface area (Å²) in [5.74, 6) is -0.892. The van der Waals surface area contributed by atoms with E-state index in [2.05, 4.69) is 11.7 Å². The van der Waals surface area contributed by atoms with Crippen LogP contribution >= 0.6 is 0 Å². The fraction of sp³-hybridized carbons (Fsp3) is 0.885. The Kier molecular flexibility index (Phi) is 21.8. The van der Waals surface area contributed by atoms with Crippen molar-refractivity contribution in [2.45, 2.75) is 140 Å². The van der Waals surface area contributed by atoms with Gasteiger partial charge in [-0.05, 0) is 12.8 Å². The maximum Gasteiger partial charge on any atom is 0.332 e. The minimum Gasteiger partial charge on any atom is -0.430 e. The van der Waals surface area contributed by atoms with Crippen molar-refractivity contribution < 1.29 is 40.2 Å².